The van der Waals surface area contributed by atoms with Gasteiger partial charge in [-0.3, -0.25) is 4.79 Å². The van der Waals surface area contributed by atoms with Gasteiger partial charge in [0.25, 0.3) is 0 Å². The minimum Gasteiger partial charge on any atom is -0.294 e. The quantitative estimate of drug-likeness (QED) is 0.575. The van der Waals surface area contributed by atoms with Crippen molar-refractivity contribution < 1.29 is 22.4 Å². The predicted octanol–water partition coefficient (Wildman–Crippen LogP) is 4.71. The monoisotopic (exact) mass is 276 g/mol. The summed E-state index contributed by atoms with van der Waals surface area (Å²) in [5.41, 5.74) is -1.66. The van der Waals surface area contributed by atoms with E-state index in [1.54, 1.807) is 6.92 Å². The van der Waals surface area contributed by atoms with Gasteiger partial charge in [-0.2, -0.15) is 13.2 Å². The van der Waals surface area contributed by atoms with E-state index in [0.717, 1.165) is 0 Å². The Balaban J connectivity index is 3.18. The third-order valence-corrected chi connectivity index (χ3v) is 2.83. The zero-order valence-electron chi connectivity index (χ0n) is 11.0. The Kier molecular flexibility index (Phi) is 4.71. The van der Waals surface area contributed by atoms with Crippen molar-refractivity contribution in [3.05, 3.63) is 35.1 Å². The summed E-state index contributed by atoms with van der Waals surface area (Å²) < 4.78 is 51.5. The Hall–Kier alpha value is -1.39. The second-order valence-electron chi connectivity index (χ2n) is 5.08. The van der Waals surface area contributed by atoms with E-state index in [2.05, 4.69) is 0 Å². The molecule has 1 rings (SSSR count). The Morgan fingerprint density at radius 2 is 1.79 bits per heavy atom. The van der Waals surface area contributed by atoms with Crippen LogP contribution in [0.5, 0.6) is 0 Å². The summed E-state index contributed by atoms with van der Waals surface area (Å²) in [6, 6.07) is 2.00. The van der Waals surface area contributed by atoms with Crippen LogP contribution in [-0.4, -0.2) is 5.78 Å². The number of Topliss-reactive ketones (excluding diaryl/α,β-unsaturated/α-hetero) is 1. The van der Waals surface area contributed by atoms with Crippen molar-refractivity contribution in [2.24, 2.45) is 11.8 Å². The summed E-state index contributed by atoms with van der Waals surface area (Å²) >= 11 is 0. The molecule has 1 atom stereocenters. The van der Waals surface area contributed by atoms with Gasteiger partial charge in [-0.25, -0.2) is 4.39 Å². The average molecular weight is 276 g/mol. The summed E-state index contributed by atoms with van der Waals surface area (Å²) in [5, 5.41) is 0. The molecule has 1 aromatic carbocycles. The maximum Gasteiger partial charge on any atom is 0.417 e. The van der Waals surface area contributed by atoms with Gasteiger partial charge in [0.1, 0.15) is 5.82 Å². The van der Waals surface area contributed by atoms with Crippen LogP contribution >= 0.6 is 0 Å². The van der Waals surface area contributed by atoms with E-state index in [-0.39, 0.29) is 5.92 Å². The highest BCUT2D eigenvalue weighted by Gasteiger charge is 2.36. The molecule has 0 heterocycles. The molecular weight excluding hydrogens is 260 g/mol. The molecule has 0 amide bonds. The SMILES string of the molecule is CC(C)CC(C)C(=O)c1cc(F)ccc1C(F)(F)F. The van der Waals surface area contributed by atoms with Gasteiger partial charge in [0.05, 0.1) is 5.56 Å². The Labute approximate surface area is 109 Å². The van der Waals surface area contributed by atoms with Gasteiger partial charge in [0.2, 0.25) is 0 Å². The first-order valence-electron chi connectivity index (χ1n) is 6.04. The van der Waals surface area contributed by atoms with Gasteiger partial charge in [-0.15, -0.1) is 0 Å². The van der Waals surface area contributed by atoms with Gasteiger partial charge >= 0.3 is 6.18 Å². The van der Waals surface area contributed by atoms with Crippen molar-refractivity contribution in [1.29, 1.82) is 0 Å². The van der Waals surface area contributed by atoms with E-state index < -0.39 is 34.8 Å². The van der Waals surface area contributed by atoms with Crippen LogP contribution in [0.15, 0.2) is 18.2 Å². The third kappa shape index (κ3) is 4.04. The van der Waals surface area contributed by atoms with Crippen LogP contribution in [0.1, 0.15) is 43.1 Å². The van der Waals surface area contributed by atoms with E-state index in [9.17, 15) is 22.4 Å². The molecule has 19 heavy (non-hydrogen) atoms. The number of carbonyl (C=O) groups is 1. The number of alkyl halides is 3. The fraction of sp³-hybridized carbons (Fsp3) is 0.500. The molecule has 0 bridgehead atoms. The fourth-order valence-corrected chi connectivity index (χ4v) is 2.05. The van der Waals surface area contributed by atoms with Crippen molar-refractivity contribution in [3.8, 4) is 0 Å². The molecule has 0 spiro atoms. The van der Waals surface area contributed by atoms with Crippen molar-refractivity contribution >= 4 is 5.78 Å². The van der Waals surface area contributed by atoms with E-state index in [1.165, 1.54) is 0 Å². The summed E-state index contributed by atoms with van der Waals surface area (Å²) in [4.78, 5) is 12.0. The fourth-order valence-electron chi connectivity index (χ4n) is 2.05. The van der Waals surface area contributed by atoms with Crippen LogP contribution in [0, 0.1) is 17.7 Å². The molecule has 1 aromatic rings. The first-order valence-corrected chi connectivity index (χ1v) is 6.04. The lowest BCUT2D eigenvalue weighted by Gasteiger charge is -2.17. The molecule has 106 valence electrons. The second kappa shape index (κ2) is 5.72. The topological polar surface area (TPSA) is 17.1 Å². The number of hydrogen-bond acceptors (Lipinski definition) is 1. The van der Waals surface area contributed by atoms with Crippen molar-refractivity contribution in [1.82, 2.24) is 0 Å². The molecule has 0 aliphatic heterocycles. The number of carbonyl (C=O) groups excluding carboxylic acids is 1. The molecule has 0 aliphatic carbocycles. The molecule has 0 saturated heterocycles. The van der Waals surface area contributed by atoms with Gasteiger partial charge in [-0.05, 0) is 30.5 Å². The van der Waals surface area contributed by atoms with Gasteiger partial charge in [0.15, 0.2) is 5.78 Å². The highest BCUT2D eigenvalue weighted by atomic mass is 19.4. The van der Waals surface area contributed by atoms with Crippen LogP contribution in [-0.2, 0) is 6.18 Å². The lowest BCUT2D eigenvalue weighted by Crippen LogP contribution is -2.19. The maximum absolute atomic E-state index is 13.1. The van der Waals surface area contributed by atoms with Gasteiger partial charge < -0.3 is 0 Å². The molecule has 0 N–H and O–H groups in total. The van der Waals surface area contributed by atoms with E-state index in [1.807, 2.05) is 13.8 Å². The molecule has 0 saturated carbocycles. The number of hydrogen-bond donors (Lipinski definition) is 0. The number of benzene rings is 1. The van der Waals surface area contributed by atoms with E-state index >= 15 is 0 Å². The molecule has 0 fully saturated rings. The normalized spacial score (nSPS) is 13.7. The van der Waals surface area contributed by atoms with E-state index in [4.69, 9.17) is 0 Å². The third-order valence-electron chi connectivity index (χ3n) is 2.83. The average Bonchev–Trinajstić information content (AvgIpc) is 2.25. The molecule has 0 aromatic heterocycles. The van der Waals surface area contributed by atoms with Crippen LogP contribution < -0.4 is 0 Å². The molecule has 1 nitrogen and oxygen atoms in total. The zero-order chi connectivity index (χ0) is 14.8. The predicted molar refractivity (Wildman–Crippen MR) is 64.4 cm³/mol. The number of halogens is 4. The first kappa shape index (κ1) is 15.7. The Morgan fingerprint density at radius 1 is 1.21 bits per heavy atom. The Morgan fingerprint density at radius 3 is 2.26 bits per heavy atom. The minimum absolute atomic E-state index is 0.182. The molecule has 0 aliphatic rings. The maximum atomic E-state index is 13.1. The van der Waals surface area contributed by atoms with Gasteiger partial charge in [-0.1, -0.05) is 20.8 Å². The van der Waals surface area contributed by atoms with Crippen LogP contribution in [0.2, 0.25) is 0 Å². The summed E-state index contributed by atoms with van der Waals surface area (Å²) in [6.45, 7) is 5.31. The standard InChI is InChI=1S/C14H16F4O/c1-8(2)6-9(3)13(19)11-7-10(15)4-5-12(11)14(16,17)18/h4-5,7-9H,6H2,1-3H3. The zero-order valence-corrected chi connectivity index (χ0v) is 11.0. The highest BCUT2D eigenvalue weighted by Crippen LogP contribution is 2.34. The molecule has 1 unspecified atom stereocenters. The first-order chi connectivity index (χ1) is 8.62. The van der Waals surface area contributed by atoms with Gasteiger partial charge in [0, 0.05) is 11.5 Å². The van der Waals surface area contributed by atoms with Crippen LogP contribution in [0.25, 0.3) is 0 Å². The largest absolute Gasteiger partial charge is 0.417 e. The highest BCUT2D eigenvalue weighted by molar-refractivity contribution is 5.99. The van der Waals surface area contributed by atoms with Crippen molar-refractivity contribution in [2.75, 3.05) is 0 Å². The molecule has 0 radical (unpaired) electrons. The van der Waals surface area contributed by atoms with Crippen LogP contribution in [0.4, 0.5) is 17.6 Å². The smallest absolute Gasteiger partial charge is 0.294 e. The molecular formula is C14H16F4O. The number of rotatable bonds is 4. The van der Waals surface area contributed by atoms with E-state index in [0.29, 0.717) is 24.6 Å². The molecule has 5 heteroatoms. The lowest BCUT2D eigenvalue weighted by atomic mass is 9.89. The lowest BCUT2D eigenvalue weighted by molar-refractivity contribution is -0.138. The summed E-state index contributed by atoms with van der Waals surface area (Å²) in [5.74, 6) is -1.89. The van der Waals surface area contributed by atoms with Crippen LogP contribution in [0.3, 0.4) is 0 Å². The summed E-state index contributed by atoms with van der Waals surface area (Å²) in [7, 11) is 0. The second-order valence-corrected chi connectivity index (χ2v) is 5.08. The minimum atomic E-state index is -4.66. The van der Waals surface area contributed by atoms with Crippen molar-refractivity contribution in [2.45, 2.75) is 33.4 Å². The number of ketones is 1. The Bertz CT molecular complexity index is 463. The van der Waals surface area contributed by atoms with Crippen molar-refractivity contribution in [3.63, 3.8) is 0 Å². The summed E-state index contributed by atoms with van der Waals surface area (Å²) in [6.07, 6.45) is -4.19.